The highest BCUT2D eigenvalue weighted by molar-refractivity contribution is 7.11. The molecule has 1 aliphatic carbocycles. The van der Waals surface area contributed by atoms with Gasteiger partial charge in [-0.2, -0.15) is 0 Å². The summed E-state index contributed by atoms with van der Waals surface area (Å²) in [4.78, 5) is 5.77. The first-order valence-corrected chi connectivity index (χ1v) is 7.17. The summed E-state index contributed by atoms with van der Waals surface area (Å²) in [7, 11) is 0. The summed E-state index contributed by atoms with van der Waals surface area (Å²) < 4.78 is 0. The van der Waals surface area contributed by atoms with Gasteiger partial charge in [-0.05, 0) is 38.1 Å². The summed E-state index contributed by atoms with van der Waals surface area (Å²) in [6, 6.07) is 0. The Hall–Kier alpha value is -0.410. The maximum Gasteiger partial charge on any atom is 0.0896 e. The van der Waals surface area contributed by atoms with Gasteiger partial charge >= 0.3 is 0 Å². The first kappa shape index (κ1) is 12.1. The largest absolute Gasteiger partial charge is 0.330 e. The Morgan fingerprint density at radius 1 is 1.31 bits per heavy atom. The Balaban J connectivity index is 2.08. The van der Waals surface area contributed by atoms with E-state index in [9.17, 15) is 0 Å². The zero-order valence-corrected chi connectivity index (χ0v) is 11.0. The number of aryl methyl sites for hydroxylation is 1. The molecule has 0 bridgehead atoms. The molecule has 1 saturated carbocycles. The van der Waals surface area contributed by atoms with Crippen molar-refractivity contribution in [1.82, 2.24) is 4.98 Å². The van der Waals surface area contributed by atoms with Gasteiger partial charge in [0, 0.05) is 11.1 Å². The van der Waals surface area contributed by atoms with Crippen LogP contribution < -0.4 is 5.73 Å². The monoisotopic (exact) mass is 238 g/mol. The van der Waals surface area contributed by atoms with E-state index in [4.69, 9.17) is 5.73 Å². The second-order valence-corrected chi connectivity index (χ2v) is 6.46. The van der Waals surface area contributed by atoms with Crippen molar-refractivity contribution in [3.05, 3.63) is 16.1 Å². The third-order valence-corrected chi connectivity index (χ3v) is 4.73. The summed E-state index contributed by atoms with van der Waals surface area (Å²) in [5.41, 5.74) is 6.42. The van der Waals surface area contributed by atoms with Crippen LogP contribution in [0.4, 0.5) is 0 Å². The number of thiazole rings is 1. The highest BCUT2D eigenvalue weighted by Gasteiger charge is 2.30. The predicted molar refractivity (Wildman–Crippen MR) is 69.7 cm³/mol. The summed E-state index contributed by atoms with van der Waals surface area (Å²) in [5, 5.41) is 1.18. The molecule has 1 heterocycles. The Kier molecular flexibility index (Phi) is 3.98. The van der Waals surface area contributed by atoms with Gasteiger partial charge in [0.05, 0.1) is 5.01 Å². The van der Waals surface area contributed by atoms with E-state index in [1.54, 1.807) is 0 Å². The van der Waals surface area contributed by atoms with Gasteiger partial charge < -0.3 is 5.73 Å². The van der Waals surface area contributed by atoms with Gasteiger partial charge in [0.1, 0.15) is 0 Å². The number of rotatable bonds is 3. The minimum Gasteiger partial charge on any atom is -0.330 e. The average molecular weight is 238 g/mol. The third kappa shape index (κ3) is 2.83. The molecule has 2 N–H and O–H groups in total. The van der Waals surface area contributed by atoms with Gasteiger partial charge in [-0.1, -0.05) is 25.7 Å². The quantitative estimate of drug-likeness (QED) is 0.821. The average Bonchev–Trinajstić information content (AvgIpc) is 2.54. The van der Waals surface area contributed by atoms with Crippen molar-refractivity contribution in [2.45, 2.75) is 51.9 Å². The van der Waals surface area contributed by atoms with Crippen LogP contribution in [-0.4, -0.2) is 11.5 Å². The van der Waals surface area contributed by atoms with Crippen molar-refractivity contribution in [3.63, 3.8) is 0 Å². The fraction of sp³-hybridized carbons (Fsp3) is 0.769. The van der Waals surface area contributed by atoms with Crippen molar-refractivity contribution < 1.29 is 0 Å². The molecule has 0 unspecified atom stereocenters. The van der Waals surface area contributed by atoms with E-state index in [1.165, 1.54) is 48.4 Å². The Bertz CT molecular complexity index is 324. The zero-order chi connectivity index (χ0) is 11.4. The van der Waals surface area contributed by atoms with Crippen LogP contribution in [0.5, 0.6) is 0 Å². The van der Waals surface area contributed by atoms with Crippen molar-refractivity contribution in [2.75, 3.05) is 6.54 Å². The molecule has 90 valence electrons. The van der Waals surface area contributed by atoms with Crippen molar-refractivity contribution >= 4 is 11.3 Å². The molecule has 0 radical (unpaired) electrons. The van der Waals surface area contributed by atoms with Gasteiger partial charge in [-0.15, -0.1) is 11.3 Å². The van der Waals surface area contributed by atoms with Gasteiger partial charge in [0.25, 0.3) is 0 Å². The molecule has 0 aromatic carbocycles. The summed E-state index contributed by atoms with van der Waals surface area (Å²) in [6.07, 6.45) is 11.3. The maximum atomic E-state index is 6.05. The first-order chi connectivity index (χ1) is 7.74. The third-order valence-electron chi connectivity index (χ3n) is 3.82. The minimum atomic E-state index is 0.371. The molecule has 0 aliphatic heterocycles. The second-order valence-electron chi connectivity index (χ2n) is 5.14. The van der Waals surface area contributed by atoms with Crippen LogP contribution in [-0.2, 0) is 6.42 Å². The number of nitrogens with zero attached hydrogens (tertiary/aromatic N) is 1. The van der Waals surface area contributed by atoms with Gasteiger partial charge in [0.15, 0.2) is 0 Å². The predicted octanol–water partition coefficient (Wildman–Crippen LogP) is 3.29. The fourth-order valence-electron chi connectivity index (χ4n) is 2.79. The van der Waals surface area contributed by atoms with Crippen molar-refractivity contribution in [2.24, 2.45) is 11.1 Å². The molecule has 0 spiro atoms. The lowest BCUT2D eigenvalue weighted by Gasteiger charge is -2.30. The highest BCUT2D eigenvalue weighted by Crippen LogP contribution is 2.38. The van der Waals surface area contributed by atoms with Crippen LogP contribution in [0.2, 0.25) is 0 Å². The SMILES string of the molecule is Cc1ncc(CC2(CN)CCCCCC2)s1. The summed E-state index contributed by atoms with van der Waals surface area (Å²) in [5.74, 6) is 0. The zero-order valence-electron chi connectivity index (χ0n) is 10.2. The molecule has 1 aromatic rings. The summed E-state index contributed by atoms with van der Waals surface area (Å²) >= 11 is 1.84. The smallest absolute Gasteiger partial charge is 0.0896 e. The molecule has 1 aromatic heterocycles. The van der Waals surface area contributed by atoms with Gasteiger partial charge in [-0.25, -0.2) is 4.98 Å². The van der Waals surface area contributed by atoms with Crippen LogP contribution >= 0.6 is 11.3 Å². The molecule has 2 nitrogen and oxygen atoms in total. The second kappa shape index (κ2) is 5.28. The van der Waals surface area contributed by atoms with E-state index in [0.717, 1.165) is 13.0 Å². The molecule has 16 heavy (non-hydrogen) atoms. The molecular formula is C13H22N2S. The normalized spacial score (nSPS) is 20.6. The van der Waals surface area contributed by atoms with Crippen molar-refractivity contribution in [3.8, 4) is 0 Å². The van der Waals surface area contributed by atoms with Crippen LogP contribution in [0.3, 0.4) is 0 Å². The Morgan fingerprint density at radius 3 is 2.50 bits per heavy atom. The molecule has 1 aliphatic rings. The lowest BCUT2D eigenvalue weighted by molar-refractivity contribution is 0.254. The molecule has 0 atom stereocenters. The summed E-state index contributed by atoms with van der Waals surface area (Å²) in [6.45, 7) is 2.92. The maximum absolute atomic E-state index is 6.05. The van der Waals surface area contributed by atoms with E-state index in [-0.39, 0.29) is 0 Å². The highest BCUT2D eigenvalue weighted by atomic mass is 32.1. The van der Waals surface area contributed by atoms with Crippen LogP contribution in [0.15, 0.2) is 6.20 Å². The number of aromatic nitrogens is 1. The fourth-order valence-corrected chi connectivity index (χ4v) is 3.76. The molecule has 2 rings (SSSR count). The molecule has 1 fully saturated rings. The van der Waals surface area contributed by atoms with Crippen LogP contribution in [0.25, 0.3) is 0 Å². The number of hydrogen-bond acceptors (Lipinski definition) is 3. The van der Waals surface area contributed by atoms with E-state index >= 15 is 0 Å². The van der Waals surface area contributed by atoms with E-state index in [0.29, 0.717) is 5.41 Å². The van der Waals surface area contributed by atoms with E-state index in [2.05, 4.69) is 11.9 Å². The first-order valence-electron chi connectivity index (χ1n) is 6.35. The van der Waals surface area contributed by atoms with Crippen molar-refractivity contribution in [1.29, 1.82) is 0 Å². The molecule has 3 heteroatoms. The molecular weight excluding hydrogens is 216 g/mol. The Labute approximate surface area is 102 Å². The standard InChI is InChI=1S/C13H22N2S/c1-11-15-9-12(16-11)8-13(10-14)6-4-2-3-5-7-13/h9H,2-8,10,14H2,1H3. The molecule has 0 saturated heterocycles. The van der Waals surface area contributed by atoms with Crippen LogP contribution in [0, 0.1) is 12.3 Å². The lowest BCUT2D eigenvalue weighted by atomic mass is 9.77. The minimum absolute atomic E-state index is 0.371. The molecule has 0 amide bonds. The van der Waals surface area contributed by atoms with E-state index in [1.807, 2.05) is 17.5 Å². The van der Waals surface area contributed by atoms with Gasteiger partial charge in [0.2, 0.25) is 0 Å². The number of hydrogen-bond donors (Lipinski definition) is 1. The number of nitrogens with two attached hydrogens (primary N) is 1. The topological polar surface area (TPSA) is 38.9 Å². The Morgan fingerprint density at radius 2 is 2.00 bits per heavy atom. The van der Waals surface area contributed by atoms with Gasteiger partial charge in [-0.3, -0.25) is 0 Å². The lowest BCUT2D eigenvalue weighted by Crippen LogP contribution is -2.32. The van der Waals surface area contributed by atoms with E-state index < -0.39 is 0 Å². The van der Waals surface area contributed by atoms with Crippen LogP contribution in [0.1, 0.15) is 48.4 Å².